The van der Waals surface area contributed by atoms with E-state index in [0.29, 0.717) is 11.1 Å². The lowest BCUT2D eigenvalue weighted by atomic mass is 10.2. The third-order valence-electron chi connectivity index (χ3n) is 2.15. The van der Waals surface area contributed by atoms with Crippen LogP contribution in [0.1, 0.15) is 20.8 Å². The van der Waals surface area contributed by atoms with Gasteiger partial charge in [0.15, 0.2) is 5.69 Å². The van der Waals surface area contributed by atoms with Crippen molar-refractivity contribution in [3.63, 3.8) is 0 Å². The second-order valence-corrected chi connectivity index (χ2v) is 3.10. The number of rotatable bonds is 2. The van der Waals surface area contributed by atoms with Crippen molar-refractivity contribution < 1.29 is 19.4 Å². The van der Waals surface area contributed by atoms with E-state index in [-0.39, 0.29) is 5.69 Å². The number of hydrogen-bond donors (Lipinski definition) is 1. The second kappa shape index (κ2) is 3.65. The predicted molar refractivity (Wildman–Crippen MR) is 53.5 cm³/mol. The van der Waals surface area contributed by atoms with Crippen molar-refractivity contribution >= 4 is 17.5 Å². The van der Waals surface area contributed by atoms with Crippen LogP contribution < -0.4 is 0 Å². The molecule has 6 nitrogen and oxygen atoms in total. The summed E-state index contributed by atoms with van der Waals surface area (Å²) in [5.41, 5.74) is 0.723. The summed E-state index contributed by atoms with van der Waals surface area (Å²) >= 11 is 0. The van der Waals surface area contributed by atoms with Crippen LogP contribution in [0.4, 0.5) is 0 Å². The average molecular weight is 220 g/mol. The van der Waals surface area contributed by atoms with Crippen molar-refractivity contribution in [1.29, 1.82) is 0 Å². The zero-order chi connectivity index (χ0) is 11.7. The van der Waals surface area contributed by atoms with E-state index in [1.165, 1.54) is 36.2 Å². The van der Waals surface area contributed by atoms with Gasteiger partial charge in [0.1, 0.15) is 6.33 Å². The third-order valence-corrected chi connectivity index (χ3v) is 2.15. The Morgan fingerprint density at radius 1 is 1.44 bits per heavy atom. The van der Waals surface area contributed by atoms with Crippen LogP contribution in [0.25, 0.3) is 5.52 Å². The Hall–Kier alpha value is -2.37. The summed E-state index contributed by atoms with van der Waals surface area (Å²) in [6.07, 6.45) is 2.81. The normalized spacial score (nSPS) is 10.3. The van der Waals surface area contributed by atoms with Gasteiger partial charge in [-0.25, -0.2) is 14.6 Å². The smallest absolute Gasteiger partial charge is 0.356 e. The molecular formula is C10H8N2O4. The van der Waals surface area contributed by atoms with E-state index in [2.05, 4.69) is 9.72 Å². The molecule has 2 heterocycles. The SMILES string of the molecule is COC(=O)c1ccc2c(C(=O)O)ncn2c1. The molecule has 0 aromatic carbocycles. The highest BCUT2D eigenvalue weighted by Gasteiger charge is 2.13. The monoisotopic (exact) mass is 220 g/mol. The zero-order valence-electron chi connectivity index (χ0n) is 8.38. The van der Waals surface area contributed by atoms with Gasteiger partial charge in [-0.2, -0.15) is 0 Å². The minimum absolute atomic E-state index is 0.0450. The molecule has 0 unspecified atom stereocenters. The van der Waals surface area contributed by atoms with Crippen molar-refractivity contribution in [3.8, 4) is 0 Å². The minimum atomic E-state index is -1.10. The number of hydrogen-bond acceptors (Lipinski definition) is 4. The number of aromatic carboxylic acids is 1. The Labute approximate surface area is 90.1 Å². The van der Waals surface area contributed by atoms with Crippen LogP contribution in [-0.4, -0.2) is 33.5 Å². The molecule has 2 aromatic rings. The molecular weight excluding hydrogens is 212 g/mol. The molecule has 0 aliphatic carbocycles. The molecule has 1 N–H and O–H groups in total. The third kappa shape index (κ3) is 1.50. The van der Waals surface area contributed by atoms with E-state index in [9.17, 15) is 9.59 Å². The number of nitrogens with zero attached hydrogens (tertiary/aromatic N) is 2. The molecule has 16 heavy (non-hydrogen) atoms. The first-order valence-electron chi connectivity index (χ1n) is 4.42. The van der Waals surface area contributed by atoms with Crippen molar-refractivity contribution in [3.05, 3.63) is 35.9 Å². The summed E-state index contributed by atoms with van der Waals surface area (Å²) in [4.78, 5) is 25.7. The molecule has 0 aliphatic heterocycles. The van der Waals surface area contributed by atoms with Crippen molar-refractivity contribution in [2.24, 2.45) is 0 Å². The maximum absolute atomic E-state index is 11.2. The van der Waals surface area contributed by atoms with E-state index in [0.717, 1.165) is 0 Å². The Kier molecular flexibility index (Phi) is 2.32. The van der Waals surface area contributed by atoms with Crippen LogP contribution in [-0.2, 0) is 4.74 Å². The number of fused-ring (bicyclic) bond motifs is 1. The van der Waals surface area contributed by atoms with Gasteiger partial charge in [-0.15, -0.1) is 0 Å². The molecule has 82 valence electrons. The minimum Gasteiger partial charge on any atom is -0.476 e. The van der Waals surface area contributed by atoms with Gasteiger partial charge >= 0.3 is 11.9 Å². The fraction of sp³-hybridized carbons (Fsp3) is 0.100. The van der Waals surface area contributed by atoms with Gasteiger partial charge in [0.25, 0.3) is 0 Å². The lowest BCUT2D eigenvalue weighted by Gasteiger charge is -2.00. The topological polar surface area (TPSA) is 80.9 Å². The van der Waals surface area contributed by atoms with Gasteiger partial charge in [0, 0.05) is 6.20 Å². The lowest BCUT2D eigenvalue weighted by molar-refractivity contribution is 0.0599. The summed E-state index contributed by atoms with van der Waals surface area (Å²) in [7, 11) is 1.28. The molecule has 0 atom stereocenters. The van der Waals surface area contributed by atoms with Gasteiger partial charge < -0.3 is 14.2 Å². The molecule has 2 aromatic heterocycles. The number of esters is 1. The summed E-state index contributed by atoms with van der Waals surface area (Å²) < 4.78 is 6.02. The maximum atomic E-state index is 11.2. The largest absolute Gasteiger partial charge is 0.476 e. The first-order valence-corrected chi connectivity index (χ1v) is 4.42. The molecule has 6 heteroatoms. The summed E-state index contributed by atoms with van der Waals surface area (Å²) in [5, 5.41) is 8.83. The number of imidazole rings is 1. The number of ether oxygens (including phenoxy) is 1. The number of aromatic nitrogens is 2. The first kappa shape index (κ1) is 10.2. The van der Waals surface area contributed by atoms with Crippen molar-refractivity contribution in [2.45, 2.75) is 0 Å². The van der Waals surface area contributed by atoms with Crippen LogP contribution in [0.15, 0.2) is 24.7 Å². The van der Waals surface area contributed by atoms with E-state index in [1.807, 2.05) is 0 Å². The van der Waals surface area contributed by atoms with Crippen molar-refractivity contribution in [2.75, 3.05) is 7.11 Å². The molecule has 0 saturated carbocycles. The van der Waals surface area contributed by atoms with Crippen LogP contribution in [0.3, 0.4) is 0 Å². The Balaban J connectivity index is 2.57. The highest BCUT2D eigenvalue weighted by molar-refractivity contribution is 5.94. The summed E-state index contributed by atoms with van der Waals surface area (Å²) in [6, 6.07) is 3.01. The van der Waals surface area contributed by atoms with Gasteiger partial charge in [-0.3, -0.25) is 0 Å². The van der Waals surface area contributed by atoms with Crippen LogP contribution in [0.2, 0.25) is 0 Å². The first-order chi connectivity index (χ1) is 7.63. The fourth-order valence-corrected chi connectivity index (χ4v) is 1.40. The number of pyridine rings is 1. The van der Waals surface area contributed by atoms with Gasteiger partial charge in [-0.05, 0) is 12.1 Å². The Bertz CT molecular complexity index is 573. The average Bonchev–Trinajstić information content (AvgIpc) is 2.70. The van der Waals surface area contributed by atoms with Gasteiger partial charge in [-0.1, -0.05) is 0 Å². The van der Waals surface area contributed by atoms with E-state index in [1.54, 1.807) is 0 Å². The summed E-state index contributed by atoms with van der Waals surface area (Å²) in [6.45, 7) is 0. The van der Waals surface area contributed by atoms with E-state index in [4.69, 9.17) is 5.11 Å². The number of carboxylic acids is 1. The predicted octanol–water partition coefficient (Wildman–Crippen LogP) is 0.819. The molecule has 0 radical (unpaired) electrons. The Morgan fingerprint density at radius 3 is 2.81 bits per heavy atom. The molecule has 0 aliphatic rings. The maximum Gasteiger partial charge on any atom is 0.356 e. The van der Waals surface area contributed by atoms with Crippen LogP contribution in [0.5, 0.6) is 0 Å². The number of methoxy groups -OCH3 is 1. The Morgan fingerprint density at radius 2 is 2.19 bits per heavy atom. The number of carbonyl (C=O) groups excluding carboxylic acids is 1. The zero-order valence-corrected chi connectivity index (χ0v) is 8.38. The highest BCUT2D eigenvalue weighted by atomic mass is 16.5. The van der Waals surface area contributed by atoms with Crippen LogP contribution in [0, 0.1) is 0 Å². The molecule has 2 rings (SSSR count). The highest BCUT2D eigenvalue weighted by Crippen LogP contribution is 2.11. The molecule has 0 spiro atoms. The van der Waals surface area contributed by atoms with Crippen LogP contribution >= 0.6 is 0 Å². The van der Waals surface area contributed by atoms with Gasteiger partial charge in [0.05, 0.1) is 18.2 Å². The number of carboxylic acid groups (broad SMARTS) is 1. The summed E-state index contributed by atoms with van der Waals surface area (Å²) in [5.74, 6) is -1.58. The fourth-order valence-electron chi connectivity index (χ4n) is 1.40. The lowest BCUT2D eigenvalue weighted by Crippen LogP contribution is -2.03. The molecule has 0 saturated heterocycles. The second-order valence-electron chi connectivity index (χ2n) is 3.10. The standard InChI is InChI=1S/C10H8N2O4/c1-16-10(15)6-2-3-7-8(9(13)14)11-5-12(7)4-6/h2-5H,1H3,(H,13,14). The molecule has 0 fully saturated rings. The van der Waals surface area contributed by atoms with E-state index >= 15 is 0 Å². The number of carbonyl (C=O) groups is 2. The molecule has 0 bridgehead atoms. The van der Waals surface area contributed by atoms with Crippen molar-refractivity contribution in [1.82, 2.24) is 9.38 Å². The van der Waals surface area contributed by atoms with Gasteiger partial charge in [0.2, 0.25) is 0 Å². The quantitative estimate of drug-likeness (QED) is 0.757. The molecule has 0 amide bonds. The van der Waals surface area contributed by atoms with E-state index < -0.39 is 11.9 Å².